The summed E-state index contributed by atoms with van der Waals surface area (Å²) in [6, 6.07) is 7.79. The number of hydrogen-bond acceptors (Lipinski definition) is 3. The van der Waals surface area contributed by atoms with Gasteiger partial charge in [-0.3, -0.25) is 9.69 Å². The third kappa shape index (κ3) is 3.62. The minimum absolute atomic E-state index is 0.161. The Morgan fingerprint density at radius 3 is 2.64 bits per heavy atom. The lowest BCUT2D eigenvalue weighted by atomic mass is 10.1. The summed E-state index contributed by atoms with van der Waals surface area (Å²) in [4.78, 5) is 16.7. The van der Waals surface area contributed by atoms with Crippen molar-refractivity contribution in [3.05, 3.63) is 34.9 Å². The lowest BCUT2D eigenvalue weighted by Gasteiger charge is -2.39. The molecule has 3 rings (SSSR count). The number of aliphatic hydroxyl groups is 1. The van der Waals surface area contributed by atoms with Gasteiger partial charge in [-0.1, -0.05) is 23.7 Å². The third-order valence-electron chi connectivity index (χ3n) is 4.82. The Hall–Kier alpha value is -1.10. The number of piperazine rings is 1. The SMILES string of the molecule is O=C(Cc1cccc(Cl)c1)N1CCN([C@H]2CCC[C@@H]2O)CC1. The lowest BCUT2D eigenvalue weighted by molar-refractivity contribution is -0.132. The third-order valence-corrected chi connectivity index (χ3v) is 5.06. The van der Waals surface area contributed by atoms with E-state index in [0.717, 1.165) is 51.0 Å². The fourth-order valence-corrected chi connectivity index (χ4v) is 3.80. The zero-order valence-corrected chi connectivity index (χ0v) is 13.5. The Morgan fingerprint density at radius 2 is 2.00 bits per heavy atom. The summed E-state index contributed by atoms with van der Waals surface area (Å²) < 4.78 is 0. The Kier molecular flexibility index (Phi) is 5.01. The normalized spacial score (nSPS) is 26.4. The van der Waals surface area contributed by atoms with Gasteiger partial charge in [-0.25, -0.2) is 0 Å². The number of carbonyl (C=O) groups excluding carboxylic acids is 1. The van der Waals surface area contributed by atoms with E-state index in [4.69, 9.17) is 11.6 Å². The summed E-state index contributed by atoms with van der Waals surface area (Å²) in [6.07, 6.45) is 3.33. The van der Waals surface area contributed by atoms with Gasteiger partial charge in [-0.15, -0.1) is 0 Å². The number of halogens is 1. The monoisotopic (exact) mass is 322 g/mol. The summed E-state index contributed by atoms with van der Waals surface area (Å²) in [5.74, 6) is 0.161. The molecule has 0 bridgehead atoms. The van der Waals surface area contributed by atoms with E-state index in [9.17, 15) is 9.90 Å². The van der Waals surface area contributed by atoms with E-state index >= 15 is 0 Å². The summed E-state index contributed by atoms with van der Waals surface area (Å²) in [7, 11) is 0. The van der Waals surface area contributed by atoms with Gasteiger partial charge in [0.2, 0.25) is 5.91 Å². The highest BCUT2D eigenvalue weighted by atomic mass is 35.5. The topological polar surface area (TPSA) is 43.8 Å². The molecule has 120 valence electrons. The Bertz CT molecular complexity index is 529. The zero-order valence-electron chi connectivity index (χ0n) is 12.7. The molecule has 2 aliphatic rings. The van der Waals surface area contributed by atoms with E-state index in [-0.39, 0.29) is 12.0 Å². The number of hydrogen-bond donors (Lipinski definition) is 1. The molecule has 1 saturated carbocycles. The van der Waals surface area contributed by atoms with Crippen LogP contribution in [0.5, 0.6) is 0 Å². The molecule has 2 fully saturated rings. The minimum Gasteiger partial charge on any atom is -0.391 e. The maximum atomic E-state index is 12.4. The molecular formula is C17H23ClN2O2. The van der Waals surface area contributed by atoms with Crippen molar-refractivity contribution in [2.24, 2.45) is 0 Å². The first-order chi connectivity index (χ1) is 10.6. The summed E-state index contributed by atoms with van der Waals surface area (Å²) >= 11 is 5.96. The fraction of sp³-hybridized carbons (Fsp3) is 0.588. The van der Waals surface area contributed by atoms with Gasteiger partial charge in [0.15, 0.2) is 0 Å². The summed E-state index contributed by atoms with van der Waals surface area (Å²) in [6.45, 7) is 3.23. The molecule has 1 aromatic rings. The van der Waals surface area contributed by atoms with Gasteiger partial charge in [-0.2, -0.15) is 0 Å². The minimum atomic E-state index is -0.186. The van der Waals surface area contributed by atoms with Crippen LogP contribution in [0.2, 0.25) is 5.02 Å². The highest BCUT2D eigenvalue weighted by Crippen LogP contribution is 2.25. The molecule has 1 aliphatic carbocycles. The maximum Gasteiger partial charge on any atom is 0.227 e. The number of benzene rings is 1. The van der Waals surface area contributed by atoms with Crippen LogP contribution in [0, 0.1) is 0 Å². The lowest BCUT2D eigenvalue weighted by Crippen LogP contribution is -2.53. The molecule has 22 heavy (non-hydrogen) atoms. The molecular weight excluding hydrogens is 300 g/mol. The molecule has 0 spiro atoms. The first kappa shape index (κ1) is 15.8. The second-order valence-electron chi connectivity index (χ2n) is 6.29. The summed E-state index contributed by atoms with van der Waals surface area (Å²) in [5.41, 5.74) is 0.964. The standard InChI is InChI=1S/C17H23ClN2O2/c18-14-4-1-3-13(11-14)12-17(22)20-9-7-19(8-10-20)15-5-2-6-16(15)21/h1,3-4,11,15-16,21H,2,5-10,12H2/t15-,16-/m0/s1. The molecule has 1 heterocycles. The Balaban J connectivity index is 1.51. The van der Waals surface area contributed by atoms with Crippen molar-refractivity contribution in [2.45, 2.75) is 37.8 Å². The van der Waals surface area contributed by atoms with Gasteiger partial charge >= 0.3 is 0 Å². The van der Waals surface area contributed by atoms with E-state index in [0.29, 0.717) is 17.5 Å². The average Bonchev–Trinajstić information content (AvgIpc) is 2.93. The van der Waals surface area contributed by atoms with Gasteiger partial charge in [0.05, 0.1) is 12.5 Å². The van der Waals surface area contributed by atoms with E-state index in [1.807, 2.05) is 29.2 Å². The van der Waals surface area contributed by atoms with Crippen molar-refractivity contribution in [3.8, 4) is 0 Å². The predicted molar refractivity (Wildman–Crippen MR) is 87.0 cm³/mol. The van der Waals surface area contributed by atoms with Crippen LogP contribution in [0.25, 0.3) is 0 Å². The van der Waals surface area contributed by atoms with Crippen molar-refractivity contribution in [2.75, 3.05) is 26.2 Å². The number of nitrogens with zero attached hydrogens (tertiary/aromatic N) is 2. The first-order valence-electron chi connectivity index (χ1n) is 8.08. The van der Waals surface area contributed by atoms with Crippen LogP contribution in [-0.2, 0) is 11.2 Å². The molecule has 0 aromatic heterocycles. The highest BCUT2D eigenvalue weighted by molar-refractivity contribution is 6.30. The fourth-order valence-electron chi connectivity index (χ4n) is 3.58. The smallest absolute Gasteiger partial charge is 0.227 e. The largest absolute Gasteiger partial charge is 0.391 e. The molecule has 1 saturated heterocycles. The molecule has 1 aromatic carbocycles. The number of aliphatic hydroxyl groups excluding tert-OH is 1. The predicted octanol–water partition coefficient (Wildman–Crippen LogP) is 1.94. The quantitative estimate of drug-likeness (QED) is 0.925. The van der Waals surface area contributed by atoms with Crippen molar-refractivity contribution >= 4 is 17.5 Å². The molecule has 4 nitrogen and oxygen atoms in total. The number of carbonyl (C=O) groups is 1. The van der Waals surface area contributed by atoms with E-state index in [2.05, 4.69) is 4.90 Å². The van der Waals surface area contributed by atoms with E-state index in [1.165, 1.54) is 0 Å². The van der Waals surface area contributed by atoms with Crippen LogP contribution in [0.15, 0.2) is 24.3 Å². The van der Waals surface area contributed by atoms with Crippen molar-refractivity contribution in [3.63, 3.8) is 0 Å². The van der Waals surface area contributed by atoms with Gasteiger partial charge in [0, 0.05) is 37.2 Å². The van der Waals surface area contributed by atoms with Crippen LogP contribution in [-0.4, -0.2) is 59.1 Å². The Labute approximate surface area is 136 Å². The molecule has 2 atom stereocenters. The van der Waals surface area contributed by atoms with Gasteiger partial charge < -0.3 is 10.0 Å². The molecule has 5 heteroatoms. The van der Waals surface area contributed by atoms with Crippen LogP contribution in [0.3, 0.4) is 0 Å². The van der Waals surface area contributed by atoms with E-state index in [1.54, 1.807) is 0 Å². The van der Waals surface area contributed by atoms with Crippen molar-refractivity contribution in [1.82, 2.24) is 9.80 Å². The van der Waals surface area contributed by atoms with Gasteiger partial charge in [0.1, 0.15) is 0 Å². The van der Waals surface area contributed by atoms with Crippen LogP contribution in [0.4, 0.5) is 0 Å². The molecule has 0 radical (unpaired) electrons. The van der Waals surface area contributed by atoms with Crippen LogP contribution < -0.4 is 0 Å². The van der Waals surface area contributed by atoms with E-state index < -0.39 is 0 Å². The number of rotatable bonds is 3. The second kappa shape index (κ2) is 6.99. The molecule has 0 unspecified atom stereocenters. The van der Waals surface area contributed by atoms with Gasteiger partial charge in [-0.05, 0) is 37.0 Å². The zero-order chi connectivity index (χ0) is 15.5. The van der Waals surface area contributed by atoms with Gasteiger partial charge in [0.25, 0.3) is 0 Å². The number of amides is 1. The van der Waals surface area contributed by atoms with Crippen LogP contribution >= 0.6 is 11.6 Å². The molecule has 1 amide bonds. The highest BCUT2D eigenvalue weighted by Gasteiger charge is 2.33. The van der Waals surface area contributed by atoms with Crippen molar-refractivity contribution in [1.29, 1.82) is 0 Å². The average molecular weight is 323 g/mol. The maximum absolute atomic E-state index is 12.4. The molecule has 1 N–H and O–H groups in total. The Morgan fingerprint density at radius 1 is 1.23 bits per heavy atom. The molecule has 1 aliphatic heterocycles. The second-order valence-corrected chi connectivity index (χ2v) is 6.73. The summed E-state index contributed by atoms with van der Waals surface area (Å²) in [5, 5.41) is 10.7. The van der Waals surface area contributed by atoms with Crippen LogP contribution in [0.1, 0.15) is 24.8 Å². The first-order valence-corrected chi connectivity index (χ1v) is 8.45. The van der Waals surface area contributed by atoms with Crippen molar-refractivity contribution < 1.29 is 9.90 Å².